The second kappa shape index (κ2) is 11.3. The second-order valence-corrected chi connectivity index (χ2v) is 13.7. The zero-order valence-corrected chi connectivity index (χ0v) is 24.6. The van der Waals surface area contributed by atoms with Crippen molar-refractivity contribution in [2.24, 2.45) is 5.92 Å². The van der Waals surface area contributed by atoms with Crippen LogP contribution in [0.4, 0.5) is 5.69 Å². The Bertz CT molecular complexity index is 1410. The van der Waals surface area contributed by atoms with E-state index in [2.05, 4.69) is 25.7 Å². The quantitative estimate of drug-likeness (QED) is 0.435. The van der Waals surface area contributed by atoms with Crippen molar-refractivity contribution in [1.82, 2.24) is 9.21 Å². The van der Waals surface area contributed by atoms with Crippen LogP contribution >= 0.6 is 0 Å². The molecule has 0 bridgehead atoms. The molecule has 1 amide bonds. The monoisotopic (exact) mass is 561 g/mol. The van der Waals surface area contributed by atoms with Gasteiger partial charge in [-0.05, 0) is 52.9 Å². The molecule has 0 spiro atoms. The summed E-state index contributed by atoms with van der Waals surface area (Å²) in [6.07, 6.45) is 0. The van der Waals surface area contributed by atoms with Gasteiger partial charge in [0, 0.05) is 50.9 Å². The van der Waals surface area contributed by atoms with Crippen molar-refractivity contribution in [3.63, 3.8) is 0 Å². The van der Waals surface area contributed by atoms with Gasteiger partial charge in [-0.15, -0.1) is 0 Å². The van der Waals surface area contributed by atoms with E-state index in [4.69, 9.17) is 4.74 Å². The lowest BCUT2D eigenvalue weighted by molar-refractivity contribution is -0.135. The lowest BCUT2D eigenvalue weighted by Gasteiger charge is -2.38. The highest BCUT2D eigenvalue weighted by Gasteiger charge is 2.45. The first-order chi connectivity index (χ1) is 19.1. The molecule has 8 heteroatoms. The summed E-state index contributed by atoms with van der Waals surface area (Å²) >= 11 is 0. The Hall–Kier alpha value is -3.36. The topological polar surface area (TPSA) is 70.2 Å². The third kappa shape index (κ3) is 5.74. The fourth-order valence-electron chi connectivity index (χ4n) is 5.74. The van der Waals surface area contributed by atoms with E-state index >= 15 is 0 Å². The van der Waals surface area contributed by atoms with Gasteiger partial charge in [-0.3, -0.25) is 4.79 Å². The third-order valence-electron chi connectivity index (χ3n) is 8.22. The van der Waals surface area contributed by atoms with Crippen LogP contribution in [-0.4, -0.2) is 69.9 Å². The van der Waals surface area contributed by atoms with Crippen molar-refractivity contribution in [1.29, 1.82) is 0 Å². The summed E-state index contributed by atoms with van der Waals surface area (Å²) in [5, 5.41) is 0. The molecular weight excluding hydrogens is 522 g/mol. The van der Waals surface area contributed by atoms with Gasteiger partial charge in [0.05, 0.1) is 17.9 Å². The van der Waals surface area contributed by atoms with Crippen LogP contribution in [0.5, 0.6) is 5.75 Å². The van der Waals surface area contributed by atoms with Gasteiger partial charge >= 0.3 is 0 Å². The van der Waals surface area contributed by atoms with Crippen molar-refractivity contribution >= 4 is 21.6 Å². The minimum Gasteiger partial charge on any atom is -0.497 e. The molecule has 2 fully saturated rings. The van der Waals surface area contributed by atoms with Crippen molar-refractivity contribution in [3.05, 3.63) is 90.0 Å². The van der Waals surface area contributed by atoms with Crippen LogP contribution in [0.3, 0.4) is 0 Å². The van der Waals surface area contributed by atoms with E-state index in [1.165, 1.54) is 4.31 Å². The molecule has 212 valence electrons. The number of hydrogen-bond donors (Lipinski definition) is 0. The van der Waals surface area contributed by atoms with Gasteiger partial charge in [0.15, 0.2) is 0 Å². The predicted octanol–water partition coefficient (Wildman–Crippen LogP) is 4.75. The fourth-order valence-corrected chi connectivity index (χ4v) is 7.23. The number of anilines is 1. The van der Waals surface area contributed by atoms with Crippen LogP contribution < -0.4 is 9.64 Å². The number of rotatable bonds is 6. The van der Waals surface area contributed by atoms with E-state index in [1.54, 1.807) is 19.2 Å². The maximum absolute atomic E-state index is 13.9. The largest absolute Gasteiger partial charge is 0.497 e. The van der Waals surface area contributed by atoms with E-state index in [9.17, 15) is 13.2 Å². The Morgan fingerprint density at radius 3 is 2.02 bits per heavy atom. The van der Waals surface area contributed by atoms with Crippen LogP contribution in [0.15, 0.2) is 83.8 Å². The second-order valence-electron chi connectivity index (χ2n) is 11.7. The maximum atomic E-state index is 13.9. The smallest absolute Gasteiger partial charge is 0.243 e. The molecule has 5 rings (SSSR count). The Balaban J connectivity index is 1.33. The molecule has 2 saturated heterocycles. The van der Waals surface area contributed by atoms with Crippen LogP contribution in [-0.2, 0) is 20.2 Å². The molecule has 0 N–H and O–H groups in total. The number of ether oxygens (including phenoxy) is 1. The molecular formula is C32H39N3O4S. The third-order valence-corrected chi connectivity index (χ3v) is 10.1. The first-order valence-corrected chi connectivity index (χ1v) is 15.4. The summed E-state index contributed by atoms with van der Waals surface area (Å²) in [7, 11) is -2.09. The Kier molecular flexibility index (Phi) is 7.93. The number of methoxy groups -OCH3 is 1. The van der Waals surface area contributed by atoms with Gasteiger partial charge in [-0.2, -0.15) is 4.31 Å². The van der Waals surface area contributed by atoms with E-state index in [1.807, 2.05) is 71.6 Å². The van der Waals surface area contributed by atoms with Crippen LogP contribution in [0.2, 0.25) is 0 Å². The summed E-state index contributed by atoms with van der Waals surface area (Å²) in [6.45, 7) is 9.44. The van der Waals surface area contributed by atoms with Crippen molar-refractivity contribution in [2.45, 2.75) is 37.0 Å². The molecule has 7 nitrogen and oxygen atoms in total. The van der Waals surface area contributed by atoms with Crippen LogP contribution in [0.25, 0.3) is 0 Å². The zero-order valence-electron chi connectivity index (χ0n) is 23.8. The van der Waals surface area contributed by atoms with Gasteiger partial charge in [0.25, 0.3) is 0 Å². The van der Waals surface area contributed by atoms with E-state index in [0.29, 0.717) is 13.1 Å². The summed E-state index contributed by atoms with van der Waals surface area (Å²) in [5.41, 5.74) is 3.12. The summed E-state index contributed by atoms with van der Waals surface area (Å²) < 4.78 is 34.3. The summed E-state index contributed by atoms with van der Waals surface area (Å²) in [6, 6.07) is 25.0. The molecule has 2 aliphatic rings. The Morgan fingerprint density at radius 2 is 1.45 bits per heavy atom. The molecule has 0 aromatic heterocycles. The number of nitrogens with zero attached hydrogens (tertiary/aromatic N) is 3. The summed E-state index contributed by atoms with van der Waals surface area (Å²) in [4.78, 5) is 18.4. The maximum Gasteiger partial charge on any atom is 0.243 e. The SMILES string of the molecule is COc1ccc(N2CCN(C(=O)[C@@H]3CN(S(=O)(=O)c4ccc(C(C)(C)C)cc4)C[C@H]3c3ccccc3)CC2)cc1. The first kappa shape index (κ1) is 28.2. The zero-order chi connectivity index (χ0) is 28.5. The van der Waals surface area contributed by atoms with Gasteiger partial charge < -0.3 is 14.5 Å². The average Bonchev–Trinajstić information content (AvgIpc) is 3.44. The molecule has 3 aromatic rings. The fraction of sp³-hybridized carbons (Fsp3) is 0.406. The van der Waals surface area contributed by atoms with Gasteiger partial charge in [0.1, 0.15) is 5.75 Å². The molecule has 0 unspecified atom stereocenters. The average molecular weight is 562 g/mol. The number of piperazine rings is 1. The normalized spacial score (nSPS) is 20.5. The Labute approximate surface area is 238 Å². The molecule has 3 aromatic carbocycles. The summed E-state index contributed by atoms with van der Waals surface area (Å²) in [5.74, 6) is 0.218. The molecule has 2 heterocycles. The number of amides is 1. The minimum absolute atomic E-state index is 0.0315. The first-order valence-electron chi connectivity index (χ1n) is 13.9. The number of benzene rings is 3. The van der Waals surface area contributed by atoms with Gasteiger partial charge in [-0.25, -0.2) is 8.42 Å². The predicted molar refractivity (Wildman–Crippen MR) is 158 cm³/mol. The number of sulfonamides is 1. The molecule has 2 aliphatic heterocycles. The van der Waals surface area contributed by atoms with E-state index in [-0.39, 0.29) is 35.2 Å². The number of carbonyl (C=O) groups is 1. The van der Waals surface area contributed by atoms with Crippen molar-refractivity contribution in [3.8, 4) is 5.75 Å². The standard InChI is InChI=1S/C32H39N3O4S/c1-32(2,3)25-10-16-28(17-11-25)40(37,38)35-22-29(24-8-6-5-7-9-24)30(23-35)31(36)34-20-18-33(19-21-34)26-12-14-27(39-4)15-13-26/h5-17,29-30H,18-23H2,1-4H3/t29-,30+/m0/s1. The minimum atomic E-state index is -3.75. The highest BCUT2D eigenvalue weighted by molar-refractivity contribution is 7.89. The van der Waals surface area contributed by atoms with E-state index in [0.717, 1.165) is 35.7 Å². The van der Waals surface area contributed by atoms with E-state index < -0.39 is 15.9 Å². The molecule has 0 aliphatic carbocycles. The van der Waals surface area contributed by atoms with Crippen molar-refractivity contribution in [2.75, 3.05) is 51.3 Å². The van der Waals surface area contributed by atoms with Crippen LogP contribution in [0, 0.1) is 5.92 Å². The highest BCUT2D eigenvalue weighted by Crippen LogP contribution is 2.37. The number of carbonyl (C=O) groups excluding carboxylic acids is 1. The highest BCUT2D eigenvalue weighted by atomic mass is 32.2. The van der Waals surface area contributed by atoms with Crippen LogP contribution in [0.1, 0.15) is 37.8 Å². The van der Waals surface area contributed by atoms with Crippen molar-refractivity contribution < 1.29 is 17.9 Å². The molecule has 0 radical (unpaired) electrons. The molecule has 0 saturated carbocycles. The lowest BCUT2D eigenvalue weighted by Crippen LogP contribution is -2.51. The molecule has 2 atom stereocenters. The Morgan fingerprint density at radius 1 is 0.825 bits per heavy atom. The lowest BCUT2D eigenvalue weighted by atomic mass is 9.87. The van der Waals surface area contributed by atoms with Gasteiger partial charge in [0.2, 0.25) is 15.9 Å². The van der Waals surface area contributed by atoms with Gasteiger partial charge in [-0.1, -0.05) is 63.2 Å². The molecule has 40 heavy (non-hydrogen) atoms. The number of hydrogen-bond acceptors (Lipinski definition) is 5.